The highest BCUT2D eigenvalue weighted by Crippen LogP contribution is 2.41. The molecular weight excluding hydrogens is 441 g/mol. The maximum atomic E-state index is 14.0. The van der Waals surface area contributed by atoms with Crippen LogP contribution in [0.15, 0.2) is 0 Å². The minimum Gasteiger partial charge on any atom is -0.465 e. The van der Waals surface area contributed by atoms with E-state index in [1.54, 1.807) is 18.7 Å². The molecule has 3 rings (SSSR count). The Labute approximate surface area is 189 Å². The Hall–Kier alpha value is -0.700. The molecule has 0 aromatic carbocycles. The van der Waals surface area contributed by atoms with Gasteiger partial charge in [-0.1, -0.05) is 0 Å². The predicted molar refractivity (Wildman–Crippen MR) is 113 cm³/mol. The number of hydrogen-bond donors (Lipinski definition) is 1. The molecule has 0 spiro atoms. The largest absolute Gasteiger partial charge is 0.465 e. The van der Waals surface area contributed by atoms with Crippen molar-refractivity contribution >= 4 is 36.8 Å². The molecular formula is C20H34Cl2F2N2O4. The first-order valence-electron chi connectivity index (χ1n) is 10.5. The lowest BCUT2D eigenvalue weighted by Crippen LogP contribution is -2.51. The third kappa shape index (κ3) is 6.65. The highest BCUT2D eigenvalue weighted by Gasteiger charge is 2.49. The number of halogens is 4. The number of esters is 2. The Bertz CT molecular complexity index is 585. The van der Waals surface area contributed by atoms with Crippen molar-refractivity contribution in [1.29, 1.82) is 0 Å². The average molecular weight is 475 g/mol. The van der Waals surface area contributed by atoms with Gasteiger partial charge in [-0.3, -0.25) is 14.5 Å². The normalized spacial score (nSPS) is 32.9. The molecule has 5 atom stereocenters. The highest BCUT2D eigenvalue weighted by molar-refractivity contribution is 5.85. The number of piperidine rings is 1. The van der Waals surface area contributed by atoms with E-state index in [0.717, 1.165) is 32.2 Å². The molecule has 0 aromatic heterocycles. The lowest BCUT2D eigenvalue weighted by molar-refractivity contribution is -0.149. The molecule has 2 heterocycles. The van der Waals surface area contributed by atoms with Gasteiger partial charge in [-0.05, 0) is 63.8 Å². The minimum absolute atomic E-state index is 0. The fourth-order valence-corrected chi connectivity index (χ4v) is 5.13. The number of rotatable bonds is 6. The summed E-state index contributed by atoms with van der Waals surface area (Å²) in [4.78, 5) is 25.8. The number of ether oxygens (including phenoxy) is 2. The SMILES string of the molecule is CCOC(=O)[C@@H]1C[C@H]2C[C@@H](CN3CC(F)(F)C[C@H]3C(=O)OCC)CC[C@H]2CN1.Cl.Cl. The van der Waals surface area contributed by atoms with Crippen LogP contribution in [0.1, 0.15) is 46.0 Å². The first kappa shape index (κ1) is 27.3. The fourth-order valence-electron chi connectivity index (χ4n) is 5.13. The molecule has 0 bridgehead atoms. The van der Waals surface area contributed by atoms with Gasteiger partial charge < -0.3 is 14.8 Å². The molecule has 2 saturated heterocycles. The minimum atomic E-state index is -2.85. The number of hydrogen-bond acceptors (Lipinski definition) is 6. The third-order valence-corrected chi connectivity index (χ3v) is 6.40. The number of alkyl halides is 2. The first-order chi connectivity index (χ1) is 13.3. The van der Waals surface area contributed by atoms with Crippen LogP contribution < -0.4 is 5.32 Å². The van der Waals surface area contributed by atoms with E-state index >= 15 is 0 Å². The summed E-state index contributed by atoms with van der Waals surface area (Å²) in [5.41, 5.74) is 0. The molecule has 6 nitrogen and oxygen atoms in total. The van der Waals surface area contributed by atoms with Crippen LogP contribution in [0.25, 0.3) is 0 Å². The summed E-state index contributed by atoms with van der Waals surface area (Å²) >= 11 is 0. The summed E-state index contributed by atoms with van der Waals surface area (Å²) in [6, 6.07) is -1.13. The van der Waals surface area contributed by atoms with Crippen LogP contribution >= 0.6 is 24.8 Å². The van der Waals surface area contributed by atoms with Gasteiger partial charge in [-0.15, -0.1) is 24.8 Å². The van der Waals surface area contributed by atoms with Crippen LogP contribution in [-0.2, 0) is 19.1 Å². The first-order valence-corrected chi connectivity index (χ1v) is 10.5. The molecule has 1 aliphatic carbocycles. The smallest absolute Gasteiger partial charge is 0.323 e. The fraction of sp³-hybridized carbons (Fsp3) is 0.900. The summed E-state index contributed by atoms with van der Waals surface area (Å²) in [6.07, 6.45) is 3.16. The Morgan fingerprint density at radius 3 is 2.37 bits per heavy atom. The van der Waals surface area contributed by atoms with Crippen LogP contribution in [0, 0.1) is 17.8 Å². The summed E-state index contributed by atoms with van der Waals surface area (Å²) in [6.45, 7) is 4.96. The zero-order valence-corrected chi connectivity index (χ0v) is 19.2. The van der Waals surface area contributed by atoms with Gasteiger partial charge in [-0.25, -0.2) is 8.78 Å². The Morgan fingerprint density at radius 1 is 1.03 bits per heavy atom. The van der Waals surface area contributed by atoms with Crippen LogP contribution in [0.3, 0.4) is 0 Å². The third-order valence-electron chi connectivity index (χ3n) is 6.40. The van der Waals surface area contributed by atoms with Crippen molar-refractivity contribution in [3.63, 3.8) is 0 Å². The summed E-state index contributed by atoms with van der Waals surface area (Å²) in [7, 11) is 0. The van der Waals surface area contributed by atoms with Crippen molar-refractivity contribution in [2.24, 2.45) is 17.8 Å². The molecule has 1 saturated carbocycles. The van der Waals surface area contributed by atoms with Crippen molar-refractivity contribution in [3.05, 3.63) is 0 Å². The Morgan fingerprint density at radius 2 is 1.70 bits per heavy atom. The maximum absolute atomic E-state index is 14.0. The lowest BCUT2D eigenvalue weighted by Gasteiger charge is -2.43. The van der Waals surface area contributed by atoms with E-state index < -0.39 is 24.4 Å². The highest BCUT2D eigenvalue weighted by atomic mass is 35.5. The summed E-state index contributed by atoms with van der Waals surface area (Å²) in [5, 5.41) is 3.29. The zero-order chi connectivity index (χ0) is 20.3. The number of likely N-dealkylation sites (tertiary alicyclic amines) is 1. The van der Waals surface area contributed by atoms with E-state index in [9.17, 15) is 18.4 Å². The van der Waals surface area contributed by atoms with E-state index in [1.807, 2.05) is 0 Å². The van der Waals surface area contributed by atoms with Crippen molar-refractivity contribution in [1.82, 2.24) is 10.2 Å². The number of nitrogens with one attached hydrogen (secondary N) is 1. The van der Waals surface area contributed by atoms with E-state index in [1.165, 1.54) is 0 Å². The molecule has 176 valence electrons. The monoisotopic (exact) mass is 474 g/mol. The van der Waals surface area contributed by atoms with E-state index in [4.69, 9.17) is 9.47 Å². The number of nitrogens with zero attached hydrogens (tertiary/aromatic N) is 1. The van der Waals surface area contributed by atoms with E-state index in [2.05, 4.69) is 5.32 Å². The topological polar surface area (TPSA) is 67.9 Å². The van der Waals surface area contributed by atoms with Gasteiger partial charge in [-0.2, -0.15) is 0 Å². The van der Waals surface area contributed by atoms with Crippen LogP contribution in [0.2, 0.25) is 0 Å². The lowest BCUT2D eigenvalue weighted by atomic mass is 9.69. The second kappa shape index (κ2) is 11.8. The second-order valence-electron chi connectivity index (χ2n) is 8.41. The molecule has 0 unspecified atom stereocenters. The molecule has 2 aliphatic heterocycles. The molecule has 3 fully saturated rings. The molecule has 0 aromatic rings. The van der Waals surface area contributed by atoms with Gasteiger partial charge in [0.05, 0.1) is 19.8 Å². The van der Waals surface area contributed by atoms with E-state index in [-0.39, 0.29) is 55.9 Å². The Kier molecular flexibility index (Phi) is 10.7. The van der Waals surface area contributed by atoms with Crippen molar-refractivity contribution in [2.45, 2.75) is 64.0 Å². The number of carbonyl (C=O) groups is 2. The van der Waals surface area contributed by atoms with Gasteiger partial charge in [0.15, 0.2) is 0 Å². The maximum Gasteiger partial charge on any atom is 0.323 e. The predicted octanol–water partition coefficient (Wildman–Crippen LogP) is 3.06. The Balaban J connectivity index is 0.00000225. The van der Waals surface area contributed by atoms with Gasteiger partial charge >= 0.3 is 11.9 Å². The number of fused-ring (bicyclic) bond motifs is 1. The molecule has 0 amide bonds. The average Bonchev–Trinajstić information content (AvgIpc) is 2.96. The zero-order valence-electron chi connectivity index (χ0n) is 17.6. The molecule has 3 aliphatic rings. The van der Waals surface area contributed by atoms with Gasteiger partial charge in [0.2, 0.25) is 0 Å². The van der Waals surface area contributed by atoms with Crippen LogP contribution in [-0.4, -0.2) is 67.7 Å². The second-order valence-corrected chi connectivity index (χ2v) is 8.41. The summed E-state index contributed by atoms with van der Waals surface area (Å²) in [5.74, 6) is -2.44. The van der Waals surface area contributed by atoms with E-state index in [0.29, 0.717) is 25.0 Å². The van der Waals surface area contributed by atoms with Crippen molar-refractivity contribution in [3.8, 4) is 0 Å². The molecule has 10 heteroatoms. The van der Waals surface area contributed by atoms with Gasteiger partial charge in [0.25, 0.3) is 5.92 Å². The van der Waals surface area contributed by atoms with Crippen LogP contribution in [0.4, 0.5) is 8.78 Å². The quantitative estimate of drug-likeness (QED) is 0.596. The number of carbonyl (C=O) groups excluding carboxylic acids is 2. The molecule has 30 heavy (non-hydrogen) atoms. The standard InChI is InChI=1S/C20H32F2N2O4.2ClH/c1-3-27-18(25)16-8-15-7-13(5-6-14(15)10-23-16)11-24-12-20(21,22)9-17(24)19(26)28-4-2;;/h13-17,23H,3-12H2,1-2H3;2*1H/t13-,14-,15+,16-,17-;;/m0../s1. The molecule has 1 N–H and O–H groups in total. The van der Waals surface area contributed by atoms with Gasteiger partial charge in [0.1, 0.15) is 12.1 Å². The molecule has 0 radical (unpaired) electrons. The van der Waals surface area contributed by atoms with Gasteiger partial charge in [0, 0.05) is 13.0 Å². The van der Waals surface area contributed by atoms with Crippen molar-refractivity contribution in [2.75, 3.05) is 32.8 Å². The van der Waals surface area contributed by atoms with Crippen molar-refractivity contribution < 1.29 is 27.8 Å². The van der Waals surface area contributed by atoms with Crippen LogP contribution in [0.5, 0.6) is 0 Å². The summed E-state index contributed by atoms with van der Waals surface area (Å²) < 4.78 is 38.1.